The molecule has 96 valence electrons. The zero-order chi connectivity index (χ0) is 13.0. The molecule has 2 aliphatic rings. The first-order valence-corrected chi connectivity index (χ1v) is 7.38. The van der Waals surface area contributed by atoms with Gasteiger partial charge in [-0.3, -0.25) is 4.98 Å². The molecule has 0 bridgehead atoms. The predicted molar refractivity (Wildman–Crippen MR) is 78.7 cm³/mol. The zero-order valence-corrected chi connectivity index (χ0v) is 12.4. The van der Waals surface area contributed by atoms with Crippen molar-refractivity contribution in [2.75, 3.05) is 11.9 Å². The number of rotatable bonds is 1. The quantitative estimate of drug-likeness (QED) is 0.862. The number of nitrogens with zero attached hydrogens (tertiary/aromatic N) is 2. The van der Waals surface area contributed by atoms with Gasteiger partial charge in [0.25, 0.3) is 0 Å². The number of halogens is 2. The first-order chi connectivity index (χ1) is 9.22. The lowest BCUT2D eigenvalue weighted by Crippen LogP contribution is -2.12. The Labute approximate surface area is 124 Å². The molecule has 1 aliphatic heterocycles. The maximum atomic E-state index is 6.48. The fourth-order valence-corrected chi connectivity index (χ4v) is 3.82. The molecule has 3 nitrogen and oxygen atoms in total. The average molecular weight is 337 g/mol. The lowest BCUT2D eigenvalue weighted by atomic mass is 9.94. The third-order valence-corrected chi connectivity index (χ3v) is 5.45. The van der Waals surface area contributed by atoms with E-state index in [1.807, 2.05) is 12.4 Å². The molecule has 0 saturated heterocycles. The Morgan fingerprint density at radius 3 is 2.95 bits per heavy atom. The van der Waals surface area contributed by atoms with Crippen molar-refractivity contribution in [1.29, 1.82) is 0 Å². The molecule has 1 spiro atoms. The second-order valence-electron chi connectivity index (χ2n) is 5.19. The van der Waals surface area contributed by atoms with Gasteiger partial charge in [0.15, 0.2) is 0 Å². The van der Waals surface area contributed by atoms with Gasteiger partial charge in [0.1, 0.15) is 5.82 Å². The minimum Gasteiger partial charge on any atom is -0.369 e. The van der Waals surface area contributed by atoms with Crippen LogP contribution in [-0.2, 0) is 5.41 Å². The van der Waals surface area contributed by atoms with Gasteiger partial charge in [-0.2, -0.15) is 0 Å². The van der Waals surface area contributed by atoms with E-state index in [2.05, 4.69) is 43.3 Å². The van der Waals surface area contributed by atoms with Crippen LogP contribution in [0.15, 0.2) is 35.2 Å². The minimum absolute atomic E-state index is 0.116. The summed E-state index contributed by atoms with van der Waals surface area (Å²) in [6.07, 6.45) is 6.59. The Morgan fingerprint density at radius 2 is 2.16 bits per heavy atom. The number of aromatic nitrogens is 2. The molecule has 0 radical (unpaired) electrons. The monoisotopic (exact) mass is 335 g/mol. The van der Waals surface area contributed by atoms with Crippen LogP contribution in [0.5, 0.6) is 0 Å². The van der Waals surface area contributed by atoms with Gasteiger partial charge in [0, 0.05) is 36.1 Å². The number of anilines is 1. The van der Waals surface area contributed by atoms with Crippen LogP contribution < -0.4 is 5.32 Å². The molecular weight excluding hydrogens is 326 g/mol. The lowest BCUT2D eigenvalue weighted by molar-refractivity contribution is 0.739. The highest BCUT2D eigenvalue weighted by Gasteiger charge is 2.60. The fraction of sp³-hybridized carbons (Fsp3) is 0.286. The van der Waals surface area contributed by atoms with Crippen molar-refractivity contribution in [1.82, 2.24) is 9.97 Å². The van der Waals surface area contributed by atoms with E-state index in [1.54, 1.807) is 6.20 Å². The Hall–Kier alpha value is -1.13. The van der Waals surface area contributed by atoms with E-state index in [-0.39, 0.29) is 5.41 Å². The predicted octanol–water partition coefficient (Wildman–Crippen LogP) is 3.74. The maximum absolute atomic E-state index is 6.48. The molecule has 2 aromatic rings. The van der Waals surface area contributed by atoms with E-state index in [4.69, 9.17) is 11.6 Å². The molecule has 1 aliphatic carbocycles. The summed E-state index contributed by atoms with van der Waals surface area (Å²) in [5.41, 5.74) is 2.62. The highest BCUT2D eigenvalue weighted by Crippen LogP contribution is 2.65. The summed E-state index contributed by atoms with van der Waals surface area (Å²) in [7, 11) is 0. The molecular formula is C14H11BrClN3. The number of pyridine rings is 2. The molecule has 1 saturated carbocycles. The molecule has 19 heavy (non-hydrogen) atoms. The Balaban J connectivity index is 1.81. The number of fused-ring (bicyclic) bond motifs is 2. The van der Waals surface area contributed by atoms with Crippen LogP contribution in [0.25, 0.3) is 0 Å². The van der Waals surface area contributed by atoms with E-state index in [0.29, 0.717) is 5.92 Å². The molecule has 0 aromatic carbocycles. The number of hydrogen-bond donors (Lipinski definition) is 1. The van der Waals surface area contributed by atoms with Gasteiger partial charge in [0.05, 0.1) is 9.50 Å². The van der Waals surface area contributed by atoms with Gasteiger partial charge < -0.3 is 5.32 Å². The van der Waals surface area contributed by atoms with Gasteiger partial charge in [-0.15, -0.1) is 0 Å². The molecule has 2 atom stereocenters. The van der Waals surface area contributed by atoms with E-state index in [1.165, 1.54) is 11.1 Å². The molecule has 4 rings (SSSR count). The molecule has 1 fully saturated rings. The summed E-state index contributed by atoms with van der Waals surface area (Å²) >= 11 is 9.95. The summed E-state index contributed by atoms with van der Waals surface area (Å²) in [6, 6.07) is 4.19. The van der Waals surface area contributed by atoms with E-state index in [9.17, 15) is 0 Å². The third-order valence-electron chi connectivity index (χ3n) is 4.23. The van der Waals surface area contributed by atoms with Crippen LogP contribution in [0.2, 0.25) is 5.02 Å². The summed E-state index contributed by atoms with van der Waals surface area (Å²) in [5, 5.41) is 4.19. The highest BCUT2D eigenvalue weighted by atomic mass is 79.9. The Kier molecular flexibility index (Phi) is 2.42. The van der Waals surface area contributed by atoms with E-state index in [0.717, 1.165) is 28.3 Å². The molecule has 0 amide bonds. The standard InChI is InChI=1S/C14H11BrClN3/c15-10-6-18-13-11(12(10)16)14(7-19-13)5-9(14)8-1-3-17-4-2-8/h1-4,6,9H,5,7H2,(H,18,19). The zero-order valence-electron chi connectivity index (χ0n) is 10.0. The molecule has 3 heterocycles. The van der Waals surface area contributed by atoms with Crippen LogP contribution in [-0.4, -0.2) is 16.5 Å². The van der Waals surface area contributed by atoms with E-state index < -0.39 is 0 Å². The summed E-state index contributed by atoms with van der Waals surface area (Å²) < 4.78 is 0.872. The first-order valence-electron chi connectivity index (χ1n) is 6.21. The summed E-state index contributed by atoms with van der Waals surface area (Å²) in [5.74, 6) is 1.45. The summed E-state index contributed by atoms with van der Waals surface area (Å²) in [6.45, 7) is 0.915. The van der Waals surface area contributed by atoms with Crippen molar-refractivity contribution in [2.24, 2.45) is 0 Å². The van der Waals surface area contributed by atoms with Crippen LogP contribution in [0, 0.1) is 0 Å². The largest absolute Gasteiger partial charge is 0.369 e. The van der Waals surface area contributed by atoms with Crippen LogP contribution in [0.4, 0.5) is 5.82 Å². The third kappa shape index (κ3) is 1.56. The first kappa shape index (κ1) is 11.7. The number of hydrogen-bond acceptors (Lipinski definition) is 3. The van der Waals surface area contributed by atoms with E-state index >= 15 is 0 Å². The average Bonchev–Trinajstić information content (AvgIpc) is 3.04. The van der Waals surface area contributed by atoms with Crippen molar-refractivity contribution in [3.8, 4) is 0 Å². The summed E-state index contributed by atoms with van der Waals surface area (Å²) in [4.78, 5) is 8.51. The van der Waals surface area contributed by atoms with Crippen molar-refractivity contribution >= 4 is 33.3 Å². The van der Waals surface area contributed by atoms with Gasteiger partial charge in [-0.1, -0.05) is 11.6 Å². The smallest absolute Gasteiger partial charge is 0.131 e. The fourth-order valence-electron chi connectivity index (χ4n) is 3.19. The molecule has 2 unspecified atom stereocenters. The van der Waals surface area contributed by atoms with Gasteiger partial charge in [-0.05, 0) is 46.0 Å². The lowest BCUT2D eigenvalue weighted by Gasteiger charge is -2.12. The van der Waals surface area contributed by atoms with Crippen LogP contribution >= 0.6 is 27.5 Å². The molecule has 1 N–H and O–H groups in total. The maximum Gasteiger partial charge on any atom is 0.131 e. The van der Waals surface area contributed by atoms with Crippen LogP contribution in [0.1, 0.15) is 23.5 Å². The van der Waals surface area contributed by atoms with Crippen molar-refractivity contribution in [3.63, 3.8) is 0 Å². The minimum atomic E-state index is 0.116. The van der Waals surface area contributed by atoms with Crippen molar-refractivity contribution < 1.29 is 0 Å². The van der Waals surface area contributed by atoms with Crippen molar-refractivity contribution in [3.05, 3.63) is 51.3 Å². The normalized spacial score (nSPS) is 27.2. The van der Waals surface area contributed by atoms with Crippen LogP contribution in [0.3, 0.4) is 0 Å². The van der Waals surface area contributed by atoms with Gasteiger partial charge in [-0.25, -0.2) is 4.98 Å². The Bertz CT molecular complexity index is 661. The second-order valence-corrected chi connectivity index (χ2v) is 6.42. The van der Waals surface area contributed by atoms with Crippen molar-refractivity contribution in [2.45, 2.75) is 17.8 Å². The van der Waals surface area contributed by atoms with Gasteiger partial charge >= 0.3 is 0 Å². The second kappa shape index (κ2) is 3.93. The topological polar surface area (TPSA) is 37.8 Å². The number of nitrogens with one attached hydrogen (secondary N) is 1. The molecule has 5 heteroatoms. The highest BCUT2D eigenvalue weighted by molar-refractivity contribution is 9.10. The Morgan fingerprint density at radius 1 is 1.37 bits per heavy atom. The van der Waals surface area contributed by atoms with Gasteiger partial charge in [0.2, 0.25) is 0 Å². The molecule has 2 aromatic heterocycles. The SMILES string of the molecule is Clc1c(Br)cnc2c1C1(CN2)CC1c1ccncc1.